The number of ether oxygens (including phenoxy) is 1. The third-order valence-electron chi connectivity index (χ3n) is 6.48. The van der Waals surface area contributed by atoms with Gasteiger partial charge in [0.2, 0.25) is 5.78 Å². The number of aromatic amines is 1. The molecular weight excluding hydrogens is 519 g/mol. The van der Waals surface area contributed by atoms with Gasteiger partial charge in [0.15, 0.2) is 5.78 Å². The first-order chi connectivity index (χ1) is 18.5. The summed E-state index contributed by atoms with van der Waals surface area (Å²) in [5.74, 6) is -2.47. The quantitative estimate of drug-likeness (QED) is 0.231. The summed E-state index contributed by atoms with van der Waals surface area (Å²) < 4.78 is 41.6. The smallest absolute Gasteiger partial charge is 0.406 e. The van der Waals surface area contributed by atoms with Crippen molar-refractivity contribution in [2.75, 3.05) is 6.54 Å². The van der Waals surface area contributed by atoms with Gasteiger partial charge in [-0.1, -0.05) is 24.3 Å². The molecule has 0 bridgehead atoms. The zero-order chi connectivity index (χ0) is 28.1. The molecule has 0 saturated carbocycles. The minimum Gasteiger partial charge on any atom is -0.406 e. The Hall–Kier alpha value is -5.00. The number of amides is 1. The molecule has 39 heavy (non-hydrogen) atoms. The van der Waals surface area contributed by atoms with Crippen molar-refractivity contribution in [2.45, 2.75) is 19.7 Å². The summed E-state index contributed by atoms with van der Waals surface area (Å²) in [7, 11) is 0. The molecule has 4 aromatic rings. The fraction of sp³-hybridized carbons (Fsp3) is 0.148. The minimum atomic E-state index is -4.83. The van der Waals surface area contributed by atoms with Crippen molar-refractivity contribution in [1.29, 1.82) is 0 Å². The van der Waals surface area contributed by atoms with Crippen LogP contribution in [-0.2, 0) is 6.42 Å². The highest BCUT2D eigenvalue weighted by atomic mass is 19.4. The second kappa shape index (κ2) is 9.39. The number of aromatic nitrogens is 1. The van der Waals surface area contributed by atoms with E-state index in [1.165, 1.54) is 42.5 Å². The summed E-state index contributed by atoms with van der Waals surface area (Å²) in [6.45, 7) is 1.74. The van der Waals surface area contributed by atoms with Crippen molar-refractivity contribution in [3.05, 3.63) is 104 Å². The number of hydrogen-bond donors (Lipinski definition) is 2. The first kappa shape index (κ1) is 25.6. The standard InChI is InChI=1S/C27H18F3N3O6/c1-13-15(16-7-6-14(12-21(16)32-13)39-27(28,29)30)10-11-31-26(36)20-9-8-19-22(23(20)33(37)38)25(35)18-5-3-2-4-17(18)24(19)34/h2-9,12,32H,10-11H2,1H3,(H,31,36). The Morgan fingerprint density at radius 3 is 2.38 bits per heavy atom. The van der Waals surface area contributed by atoms with Crippen LogP contribution in [0.3, 0.4) is 0 Å². The number of nitrogens with zero attached hydrogens (tertiary/aromatic N) is 1. The number of hydrogen-bond acceptors (Lipinski definition) is 6. The number of nitro benzene ring substituents is 1. The van der Waals surface area contributed by atoms with E-state index in [0.29, 0.717) is 16.6 Å². The normalized spacial score (nSPS) is 12.7. The van der Waals surface area contributed by atoms with E-state index < -0.39 is 40.0 Å². The van der Waals surface area contributed by atoms with E-state index in [0.717, 1.165) is 11.6 Å². The number of ketones is 2. The molecule has 1 aromatic heterocycles. The van der Waals surface area contributed by atoms with Crippen molar-refractivity contribution in [3.8, 4) is 5.75 Å². The predicted molar refractivity (Wildman–Crippen MR) is 132 cm³/mol. The van der Waals surface area contributed by atoms with Crippen LogP contribution in [0.15, 0.2) is 54.6 Å². The average molecular weight is 537 g/mol. The summed E-state index contributed by atoms with van der Waals surface area (Å²) in [5.41, 5.74) is 0.242. The van der Waals surface area contributed by atoms with Crippen LogP contribution in [0.4, 0.5) is 18.9 Å². The Morgan fingerprint density at radius 2 is 1.72 bits per heavy atom. The Balaban J connectivity index is 1.39. The fourth-order valence-corrected chi connectivity index (χ4v) is 4.83. The summed E-state index contributed by atoms with van der Waals surface area (Å²) in [6, 6.07) is 12.2. The number of halogens is 3. The lowest BCUT2D eigenvalue weighted by Crippen LogP contribution is -2.29. The lowest BCUT2D eigenvalue weighted by molar-refractivity contribution is -0.385. The van der Waals surface area contributed by atoms with Gasteiger partial charge in [-0.3, -0.25) is 24.5 Å². The highest BCUT2D eigenvalue weighted by Crippen LogP contribution is 2.35. The van der Waals surface area contributed by atoms with Crippen LogP contribution in [-0.4, -0.2) is 40.3 Å². The first-order valence-corrected chi connectivity index (χ1v) is 11.6. The van der Waals surface area contributed by atoms with E-state index in [9.17, 15) is 37.7 Å². The van der Waals surface area contributed by atoms with E-state index in [-0.39, 0.29) is 41.0 Å². The Labute approximate surface area is 217 Å². The maximum absolute atomic E-state index is 13.1. The molecule has 0 atom stereocenters. The van der Waals surface area contributed by atoms with Crippen LogP contribution in [0.1, 0.15) is 53.5 Å². The molecule has 0 unspecified atom stereocenters. The maximum atomic E-state index is 13.1. The fourth-order valence-electron chi connectivity index (χ4n) is 4.83. The van der Waals surface area contributed by atoms with Crippen molar-refractivity contribution in [2.24, 2.45) is 0 Å². The Kier molecular flexibility index (Phi) is 6.17. The monoisotopic (exact) mass is 537 g/mol. The lowest BCUT2D eigenvalue weighted by atomic mass is 9.82. The van der Waals surface area contributed by atoms with Gasteiger partial charge >= 0.3 is 6.36 Å². The second-order valence-corrected chi connectivity index (χ2v) is 8.83. The molecule has 0 spiro atoms. The number of fused-ring (bicyclic) bond motifs is 3. The average Bonchev–Trinajstić information content (AvgIpc) is 3.19. The van der Waals surface area contributed by atoms with E-state index >= 15 is 0 Å². The molecule has 1 aliphatic carbocycles. The van der Waals surface area contributed by atoms with Gasteiger partial charge in [0.1, 0.15) is 16.9 Å². The van der Waals surface area contributed by atoms with Gasteiger partial charge in [0.25, 0.3) is 11.6 Å². The van der Waals surface area contributed by atoms with Crippen molar-refractivity contribution < 1.29 is 37.2 Å². The molecule has 9 nitrogen and oxygen atoms in total. The molecule has 12 heteroatoms. The number of aryl methyl sites for hydroxylation is 1. The van der Waals surface area contributed by atoms with E-state index in [2.05, 4.69) is 15.0 Å². The topological polar surface area (TPSA) is 131 Å². The summed E-state index contributed by atoms with van der Waals surface area (Å²) >= 11 is 0. The molecule has 0 fully saturated rings. The molecule has 1 amide bonds. The SMILES string of the molecule is Cc1[nH]c2cc(OC(F)(F)F)ccc2c1CCNC(=O)c1ccc2c(c1[N+](=O)[O-])C(=O)c1ccccc1C2=O. The van der Waals surface area contributed by atoms with Crippen LogP contribution in [0.2, 0.25) is 0 Å². The first-order valence-electron chi connectivity index (χ1n) is 11.6. The van der Waals surface area contributed by atoms with Crippen LogP contribution in [0.5, 0.6) is 5.75 Å². The number of nitrogens with one attached hydrogen (secondary N) is 2. The Morgan fingerprint density at radius 1 is 1.03 bits per heavy atom. The van der Waals surface area contributed by atoms with E-state index in [1.54, 1.807) is 13.0 Å². The number of alkyl halides is 3. The molecular formula is C27H18F3N3O6. The zero-order valence-corrected chi connectivity index (χ0v) is 20.1. The summed E-state index contributed by atoms with van der Waals surface area (Å²) in [4.78, 5) is 53.2. The van der Waals surface area contributed by atoms with Crippen LogP contribution >= 0.6 is 0 Å². The number of benzene rings is 3. The maximum Gasteiger partial charge on any atom is 0.573 e. The van der Waals surface area contributed by atoms with Crippen LogP contribution in [0.25, 0.3) is 10.9 Å². The minimum absolute atomic E-state index is 0.0225. The van der Waals surface area contributed by atoms with Gasteiger partial charge in [0, 0.05) is 45.9 Å². The van der Waals surface area contributed by atoms with E-state index in [1.807, 2.05) is 0 Å². The molecule has 2 N–H and O–H groups in total. The molecule has 0 aliphatic heterocycles. The van der Waals surface area contributed by atoms with Crippen molar-refractivity contribution >= 4 is 34.1 Å². The molecule has 1 heterocycles. The molecule has 3 aromatic carbocycles. The molecule has 0 saturated heterocycles. The number of carbonyl (C=O) groups excluding carboxylic acids is 3. The van der Waals surface area contributed by atoms with Gasteiger partial charge in [-0.2, -0.15) is 0 Å². The Bertz CT molecular complexity index is 1710. The highest BCUT2D eigenvalue weighted by Gasteiger charge is 2.38. The van der Waals surface area contributed by atoms with Gasteiger partial charge in [-0.15, -0.1) is 13.2 Å². The third kappa shape index (κ3) is 4.60. The third-order valence-corrected chi connectivity index (χ3v) is 6.48. The van der Waals surface area contributed by atoms with E-state index in [4.69, 9.17) is 0 Å². The van der Waals surface area contributed by atoms with Gasteiger partial charge in [-0.05, 0) is 43.2 Å². The second-order valence-electron chi connectivity index (χ2n) is 8.83. The number of H-pyrrole nitrogens is 1. The van der Waals surface area contributed by atoms with Crippen LogP contribution in [0, 0.1) is 17.0 Å². The van der Waals surface area contributed by atoms with Gasteiger partial charge < -0.3 is 15.0 Å². The van der Waals surface area contributed by atoms with Crippen molar-refractivity contribution in [1.82, 2.24) is 10.3 Å². The van der Waals surface area contributed by atoms with Crippen molar-refractivity contribution in [3.63, 3.8) is 0 Å². The highest BCUT2D eigenvalue weighted by molar-refractivity contribution is 6.30. The number of nitro groups is 1. The molecule has 198 valence electrons. The molecule has 5 rings (SSSR count). The number of carbonyl (C=O) groups is 3. The predicted octanol–water partition coefficient (Wildman–Crippen LogP) is 5.03. The van der Waals surface area contributed by atoms with Gasteiger partial charge in [-0.25, -0.2) is 0 Å². The zero-order valence-electron chi connectivity index (χ0n) is 20.1. The lowest BCUT2D eigenvalue weighted by Gasteiger charge is -2.18. The van der Waals surface area contributed by atoms with Crippen LogP contribution < -0.4 is 10.1 Å². The molecule has 0 radical (unpaired) electrons. The number of rotatable bonds is 6. The summed E-state index contributed by atoms with van der Waals surface area (Å²) in [6.07, 6.45) is -4.58. The molecule has 1 aliphatic rings. The van der Waals surface area contributed by atoms with Gasteiger partial charge in [0.05, 0.1) is 4.92 Å². The summed E-state index contributed by atoms with van der Waals surface area (Å²) in [5, 5.41) is 15.2. The largest absolute Gasteiger partial charge is 0.573 e.